The second kappa shape index (κ2) is 4.88. The van der Waals surface area contributed by atoms with Crippen molar-refractivity contribution in [2.45, 2.75) is 6.42 Å². The highest BCUT2D eigenvalue weighted by molar-refractivity contribution is 7.85. The van der Waals surface area contributed by atoms with Crippen LogP contribution in [0.15, 0.2) is 22.5 Å². The SMILES string of the molecule is CNC1=C(S)C(=O)N(/C(C=N)=C/N)CC1. The molecule has 6 heteroatoms. The fraction of sp³-hybridized carbons (Fsp3) is 0.333. The number of nitrogens with one attached hydrogen (secondary N) is 2. The standard InChI is InChI=1S/C9H14N4OS/c1-12-7-2-3-13(6(4-10)5-11)9(14)8(7)15/h4-5,10,12,15H,2-3,11H2,1H3/b6-5+,10-4?. The average Bonchev–Trinajstić information content (AvgIpc) is 2.26. The highest BCUT2D eigenvalue weighted by Crippen LogP contribution is 2.22. The van der Waals surface area contributed by atoms with Gasteiger partial charge in [0.05, 0.1) is 10.6 Å². The van der Waals surface area contributed by atoms with E-state index in [1.165, 1.54) is 11.1 Å². The minimum atomic E-state index is -0.228. The molecule has 5 nitrogen and oxygen atoms in total. The first kappa shape index (κ1) is 11.6. The fourth-order valence-electron chi connectivity index (χ4n) is 1.41. The average molecular weight is 226 g/mol. The monoisotopic (exact) mass is 226 g/mol. The van der Waals surface area contributed by atoms with Crippen molar-refractivity contribution in [1.29, 1.82) is 5.41 Å². The van der Waals surface area contributed by atoms with Crippen LogP contribution in [-0.2, 0) is 4.79 Å². The molecule has 0 aromatic heterocycles. The number of allylic oxidation sites excluding steroid dienone is 1. The Hall–Kier alpha value is -1.43. The first-order chi connectivity index (χ1) is 7.15. The van der Waals surface area contributed by atoms with E-state index in [0.29, 0.717) is 23.6 Å². The Morgan fingerprint density at radius 3 is 2.87 bits per heavy atom. The van der Waals surface area contributed by atoms with Gasteiger partial charge in [-0.1, -0.05) is 0 Å². The zero-order valence-electron chi connectivity index (χ0n) is 8.45. The summed E-state index contributed by atoms with van der Waals surface area (Å²) in [4.78, 5) is 13.6. The Bertz CT molecular complexity index is 348. The lowest BCUT2D eigenvalue weighted by atomic mass is 10.1. The molecule has 0 saturated heterocycles. The van der Waals surface area contributed by atoms with Crippen LogP contribution in [0.5, 0.6) is 0 Å². The minimum Gasteiger partial charge on any atom is -0.403 e. The Balaban J connectivity index is 2.98. The first-order valence-corrected chi connectivity index (χ1v) is 4.94. The first-order valence-electron chi connectivity index (χ1n) is 4.49. The number of thiol groups is 1. The molecule has 1 heterocycles. The van der Waals surface area contributed by atoms with E-state index in [1.807, 2.05) is 0 Å². The number of rotatable bonds is 3. The number of nitrogens with two attached hydrogens (primary N) is 1. The quantitative estimate of drug-likeness (QED) is 0.405. The van der Waals surface area contributed by atoms with Crippen LogP contribution in [0.1, 0.15) is 6.42 Å². The second-order valence-corrected chi connectivity index (χ2v) is 3.47. The van der Waals surface area contributed by atoms with E-state index in [2.05, 4.69) is 17.9 Å². The van der Waals surface area contributed by atoms with Crippen molar-refractivity contribution in [3.8, 4) is 0 Å². The topological polar surface area (TPSA) is 82.2 Å². The van der Waals surface area contributed by atoms with Crippen molar-refractivity contribution in [2.75, 3.05) is 13.6 Å². The maximum absolute atomic E-state index is 11.8. The van der Waals surface area contributed by atoms with Gasteiger partial charge in [-0.15, -0.1) is 12.6 Å². The van der Waals surface area contributed by atoms with Crippen LogP contribution in [0.4, 0.5) is 0 Å². The van der Waals surface area contributed by atoms with Crippen LogP contribution in [0.25, 0.3) is 0 Å². The molecule has 0 bridgehead atoms. The summed E-state index contributed by atoms with van der Waals surface area (Å²) in [6, 6.07) is 0. The molecular formula is C9H14N4OS. The van der Waals surface area contributed by atoms with Gasteiger partial charge in [0.1, 0.15) is 0 Å². The van der Waals surface area contributed by atoms with E-state index in [-0.39, 0.29) is 5.91 Å². The van der Waals surface area contributed by atoms with Crippen molar-refractivity contribution in [3.63, 3.8) is 0 Å². The van der Waals surface area contributed by atoms with Crippen LogP contribution < -0.4 is 11.1 Å². The van der Waals surface area contributed by atoms with E-state index in [9.17, 15) is 4.79 Å². The molecule has 0 spiro atoms. The zero-order chi connectivity index (χ0) is 11.4. The molecule has 1 aliphatic rings. The molecule has 0 aromatic rings. The van der Waals surface area contributed by atoms with E-state index in [0.717, 1.165) is 11.9 Å². The third-order valence-electron chi connectivity index (χ3n) is 2.25. The third-order valence-corrected chi connectivity index (χ3v) is 2.71. The molecule has 0 aliphatic carbocycles. The summed E-state index contributed by atoms with van der Waals surface area (Å²) in [5.74, 6) is -0.228. The summed E-state index contributed by atoms with van der Waals surface area (Å²) in [6.07, 6.45) is 2.99. The largest absolute Gasteiger partial charge is 0.403 e. The van der Waals surface area contributed by atoms with Crippen molar-refractivity contribution >= 4 is 24.8 Å². The highest BCUT2D eigenvalue weighted by Gasteiger charge is 2.26. The number of amides is 1. The predicted octanol–water partition coefficient (Wildman–Crippen LogP) is 0.0292. The van der Waals surface area contributed by atoms with E-state index >= 15 is 0 Å². The van der Waals surface area contributed by atoms with Gasteiger partial charge in [-0.25, -0.2) is 0 Å². The molecule has 0 fully saturated rings. The molecule has 15 heavy (non-hydrogen) atoms. The van der Waals surface area contributed by atoms with E-state index in [1.54, 1.807) is 7.05 Å². The number of carbonyl (C=O) groups is 1. The van der Waals surface area contributed by atoms with E-state index < -0.39 is 0 Å². The Labute approximate surface area is 93.9 Å². The molecule has 0 atom stereocenters. The molecule has 0 saturated carbocycles. The van der Waals surface area contributed by atoms with Gasteiger partial charge < -0.3 is 21.4 Å². The van der Waals surface area contributed by atoms with Gasteiger partial charge in [-0.3, -0.25) is 4.79 Å². The second-order valence-electron chi connectivity index (χ2n) is 3.02. The van der Waals surface area contributed by atoms with Gasteiger partial charge in [0.2, 0.25) is 0 Å². The minimum absolute atomic E-state index is 0.228. The smallest absolute Gasteiger partial charge is 0.266 e. The molecule has 1 aliphatic heterocycles. The van der Waals surface area contributed by atoms with Crippen molar-refractivity contribution in [3.05, 3.63) is 22.5 Å². The molecule has 0 unspecified atom stereocenters. The zero-order valence-corrected chi connectivity index (χ0v) is 9.34. The van der Waals surface area contributed by atoms with Crippen LogP contribution in [0.3, 0.4) is 0 Å². The lowest BCUT2D eigenvalue weighted by Gasteiger charge is -2.28. The fourth-order valence-corrected chi connectivity index (χ4v) is 1.75. The summed E-state index contributed by atoms with van der Waals surface area (Å²) < 4.78 is 0. The van der Waals surface area contributed by atoms with Gasteiger partial charge in [0.25, 0.3) is 5.91 Å². The van der Waals surface area contributed by atoms with Gasteiger partial charge in [0.15, 0.2) is 0 Å². The summed E-state index contributed by atoms with van der Waals surface area (Å²) in [5.41, 5.74) is 6.54. The summed E-state index contributed by atoms with van der Waals surface area (Å²) in [5, 5.41) is 10.1. The summed E-state index contributed by atoms with van der Waals surface area (Å²) in [7, 11) is 1.75. The number of nitrogens with zero attached hydrogens (tertiary/aromatic N) is 1. The highest BCUT2D eigenvalue weighted by atomic mass is 32.1. The van der Waals surface area contributed by atoms with Gasteiger partial charge in [-0.05, 0) is 0 Å². The van der Waals surface area contributed by atoms with Crippen molar-refractivity contribution in [2.24, 2.45) is 5.73 Å². The molecule has 1 amide bonds. The van der Waals surface area contributed by atoms with Crippen molar-refractivity contribution in [1.82, 2.24) is 10.2 Å². The molecule has 82 valence electrons. The number of hydrogen-bond acceptors (Lipinski definition) is 5. The molecule has 0 radical (unpaired) electrons. The van der Waals surface area contributed by atoms with Gasteiger partial charge in [-0.2, -0.15) is 0 Å². The summed E-state index contributed by atoms with van der Waals surface area (Å²) >= 11 is 4.15. The summed E-state index contributed by atoms with van der Waals surface area (Å²) in [6.45, 7) is 0.511. The molecule has 1 rings (SSSR count). The maximum atomic E-state index is 11.8. The predicted molar refractivity (Wildman–Crippen MR) is 62.5 cm³/mol. The third kappa shape index (κ3) is 2.15. The molecule has 0 aromatic carbocycles. The van der Waals surface area contributed by atoms with Crippen molar-refractivity contribution < 1.29 is 4.79 Å². The lowest BCUT2D eigenvalue weighted by molar-refractivity contribution is -0.124. The number of carbonyl (C=O) groups excluding carboxylic acids is 1. The normalized spacial score (nSPS) is 18.1. The van der Waals surface area contributed by atoms with E-state index in [4.69, 9.17) is 11.1 Å². The van der Waals surface area contributed by atoms with Gasteiger partial charge >= 0.3 is 0 Å². The van der Waals surface area contributed by atoms with Crippen LogP contribution in [-0.4, -0.2) is 30.6 Å². The lowest BCUT2D eigenvalue weighted by Crippen LogP contribution is -2.38. The van der Waals surface area contributed by atoms with Crippen LogP contribution in [0.2, 0.25) is 0 Å². The van der Waals surface area contributed by atoms with Gasteiger partial charge in [0, 0.05) is 38.1 Å². The molecular weight excluding hydrogens is 212 g/mol. The maximum Gasteiger partial charge on any atom is 0.266 e. The van der Waals surface area contributed by atoms with Crippen LogP contribution in [0, 0.1) is 5.41 Å². The Kier molecular flexibility index (Phi) is 3.79. The number of hydrogen-bond donors (Lipinski definition) is 4. The Morgan fingerprint density at radius 2 is 2.40 bits per heavy atom. The Morgan fingerprint density at radius 1 is 1.73 bits per heavy atom. The van der Waals surface area contributed by atoms with Crippen LogP contribution >= 0.6 is 12.6 Å². The molecule has 4 N–H and O–H groups in total.